The lowest BCUT2D eigenvalue weighted by molar-refractivity contribution is 0.0285. The van der Waals surface area contributed by atoms with Gasteiger partial charge < -0.3 is 14.5 Å². The Balaban J connectivity index is 1.50. The van der Waals surface area contributed by atoms with Crippen LogP contribution in [0.1, 0.15) is 35.8 Å². The summed E-state index contributed by atoms with van der Waals surface area (Å²) in [6.07, 6.45) is 5.45. The topological polar surface area (TPSA) is 74.3 Å². The summed E-state index contributed by atoms with van der Waals surface area (Å²) >= 11 is 0. The smallest absolute Gasteiger partial charge is 0.254 e. The van der Waals surface area contributed by atoms with Crippen molar-refractivity contribution in [2.24, 2.45) is 5.92 Å². The molecule has 0 aliphatic carbocycles. The molecule has 1 aliphatic heterocycles. The van der Waals surface area contributed by atoms with Gasteiger partial charge >= 0.3 is 0 Å². The molecule has 35 heavy (non-hydrogen) atoms. The second kappa shape index (κ2) is 9.88. The number of hydrogen-bond donors (Lipinski definition) is 1. The fourth-order valence-electron chi connectivity index (χ4n) is 5.07. The minimum Gasteiger partial charge on any atom is -0.493 e. The highest BCUT2D eigenvalue weighted by Gasteiger charge is 2.39. The van der Waals surface area contributed by atoms with E-state index < -0.39 is 0 Å². The monoisotopic (exact) mass is 469 g/mol. The number of rotatable bonds is 8. The first-order valence-corrected chi connectivity index (χ1v) is 12.2. The first-order chi connectivity index (χ1) is 17.1. The number of aromatic nitrogens is 3. The molecule has 7 nitrogen and oxygen atoms in total. The first kappa shape index (κ1) is 23.1. The zero-order valence-corrected chi connectivity index (χ0v) is 20.4. The van der Waals surface area contributed by atoms with E-state index in [1.54, 1.807) is 12.4 Å². The van der Waals surface area contributed by atoms with Gasteiger partial charge in [0, 0.05) is 60.5 Å². The number of hydrogen-bond acceptors (Lipinski definition) is 5. The van der Waals surface area contributed by atoms with Crippen molar-refractivity contribution in [3.05, 3.63) is 78.2 Å². The number of amides is 1. The van der Waals surface area contributed by atoms with Crippen molar-refractivity contribution in [1.29, 1.82) is 0 Å². The summed E-state index contributed by atoms with van der Waals surface area (Å²) in [6.45, 7) is 7.55. The minimum atomic E-state index is -0.119. The summed E-state index contributed by atoms with van der Waals surface area (Å²) in [5.41, 5.74) is 4.59. The Hall–Kier alpha value is -3.71. The van der Waals surface area contributed by atoms with E-state index in [0.29, 0.717) is 23.8 Å². The molecule has 0 radical (unpaired) electrons. The summed E-state index contributed by atoms with van der Waals surface area (Å²) < 4.78 is 5.96. The third-order valence-corrected chi connectivity index (χ3v) is 6.93. The maximum Gasteiger partial charge on any atom is 0.254 e. The molecule has 1 aliphatic rings. The largest absolute Gasteiger partial charge is 0.493 e. The number of nitrogens with one attached hydrogen (secondary N) is 1. The molecule has 1 saturated heterocycles. The van der Waals surface area contributed by atoms with Gasteiger partial charge in [-0.3, -0.25) is 14.9 Å². The molecule has 1 amide bonds. The Kier molecular flexibility index (Phi) is 6.51. The van der Waals surface area contributed by atoms with E-state index in [1.807, 2.05) is 61.5 Å². The molecule has 0 saturated carbocycles. The molecule has 0 bridgehead atoms. The van der Waals surface area contributed by atoms with Crippen molar-refractivity contribution < 1.29 is 9.53 Å². The number of H-pyrrole nitrogens is 1. The number of benzene rings is 2. The first-order valence-electron chi connectivity index (χ1n) is 12.2. The molecule has 3 heterocycles. The maximum atomic E-state index is 13.8. The Bertz CT molecular complexity index is 1310. The van der Waals surface area contributed by atoms with Gasteiger partial charge in [-0.05, 0) is 37.2 Å². The van der Waals surface area contributed by atoms with E-state index in [9.17, 15) is 4.79 Å². The highest BCUT2D eigenvalue weighted by atomic mass is 16.5. The van der Waals surface area contributed by atoms with E-state index in [4.69, 9.17) is 4.74 Å². The highest BCUT2D eigenvalue weighted by molar-refractivity contribution is 5.96. The Morgan fingerprint density at radius 1 is 1.14 bits per heavy atom. The normalized spacial score (nSPS) is 15.1. The zero-order chi connectivity index (χ0) is 24.4. The van der Waals surface area contributed by atoms with E-state index in [0.717, 1.165) is 47.2 Å². The summed E-state index contributed by atoms with van der Waals surface area (Å²) in [7, 11) is 1.89. The number of fused-ring (bicyclic) bond motifs is 1. The third-order valence-electron chi connectivity index (χ3n) is 6.93. The maximum absolute atomic E-state index is 13.8. The van der Waals surface area contributed by atoms with E-state index >= 15 is 0 Å². The molecule has 0 spiro atoms. The second-order valence-electron chi connectivity index (χ2n) is 9.05. The molecule has 1 fully saturated rings. The fourth-order valence-corrected chi connectivity index (χ4v) is 5.07. The molecule has 1 N–H and O–H groups in total. The van der Waals surface area contributed by atoms with Crippen molar-refractivity contribution in [1.82, 2.24) is 25.0 Å². The van der Waals surface area contributed by atoms with Gasteiger partial charge in [-0.15, -0.1) is 0 Å². The van der Waals surface area contributed by atoms with Crippen LogP contribution in [0.3, 0.4) is 0 Å². The van der Waals surface area contributed by atoms with Gasteiger partial charge in [0.1, 0.15) is 5.75 Å². The number of likely N-dealkylation sites (tertiary alicyclic amines) is 1. The van der Waals surface area contributed by atoms with Gasteiger partial charge in [0.05, 0.1) is 24.4 Å². The lowest BCUT2D eigenvalue weighted by Crippen LogP contribution is -2.53. The predicted molar refractivity (Wildman–Crippen MR) is 137 cm³/mol. The van der Waals surface area contributed by atoms with Crippen LogP contribution in [0.15, 0.2) is 67.1 Å². The summed E-state index contributed by atoms with van der Waals surface area (Å²) in [5.74, 6) is 0.990. The highest BCUT2D eigenvalue weighted by Crippen LogP contribution is 2.38. The van der Waals surface area contributed by atoms with Crippen LogP contribution in [0.4, 0.5) is 0 Å². The van der Waals surface area contributed by atoms with Crippen LogP contribution in [0.2, 0.25) is 0 Å². The summed E-state index contributed by atoms with van der Waals surface area (Å²) in [6, 6.07) is 15.7. The van der Waals surface area contributed by atoms with Crippen molar-refractivity contribution in [3.63, 3.8) is 0 Å². The van der Waals surface area contributed by atoms with E-state index in [1.165, 1.54) is 0 Å². The molecule has 1 atom stereocenters. The van der Waals surface area contributed by atoms with Crippen molar-refractivity contribution in [2.45, 2.75) is 19.9 Å². The quantitative estimate of drug-likeness (QED) is 0.402. The number of aromatic amines is 1. The molecule has 5 rings (SSSR count). The number of nitrogens with zero attached hydrogens (tertiary/aromatic N) is 4. The Morgan fingerprint density at radius 2 is 1.94 bits per heavy atom. The van der Waals surface area contributed by atoms with Crippen LogP contribution in [0.25, 0.3) is 22.0 Å². The van der Waals surface area contributed by atoms with Crippen LogP contribution in [0.5, 0.6) is 5.75 Å². The minimum absolute atomic E-state index is 0.0398. The van der Waals surface area contributed by atoms with Gasteiger partial charge in [-0.25, -0.2) is 0 Å². The number of carbonyl (C=O) groups is 1. The number of ether oxygens (including phenoxy) is 1. The van der Waals surface area contributed by atoms with Crippen LogP contribution in [-0.2, 0) is 0 Å². The molecular weight excluding hydrogens is 438 g/mol. The van der Waals surface area contributed by atoms with Crippen molar-refractivity contribution >= 4 is 16.8 Å². The molecule has 0 unspecified atom stereocenters. The number of carbonyl (C=O) groups excluding carboxylic acids is 1. The van der Waals surface area contributed by atoms with Gasteiger partial charge in [0.2, 0.25) is 0 Å². The predicted octanol–water partition coefficient (Wildman–Crippen LogP) is 4.79. The molecular formula is C28H31N5O2. The second-order valence-corrected chi connectivity index (χ2v) is 9.05. The molecule has 4 aromatic rings. The van der Waals surface area contributed by atoms with Gasteiger partial charge in [0.25, 0.3) is 5.91 Å². The molecule has 2 aromatic carbocycles. The average Bonchev–Trinajstić information content (AvgIpc) is 3.35. The van der Waals surface area contributed by atoms with E-state index in [2.05, 4.69) is 39.1 Å². The Labute approximate surface area is 205 Å². The van der Waals surface area contributed by atoms with Crippen molar-refractivity contribution in [2.75, 3.05) is 33.3 Å². The lowest BCUT2D eigenvalue weighted by Gasteiger charge is -2.46. The summed E-state index contributed by atoms with van der Waals surface area (Å²) in [4.78, 5) is 22.5. The zero-order valence-electron chi connectivity index (χ0n) is 20.4. The fraction of sp³-hybridized carbons (Fsp3) is 0.321. The number of pyridine rings is 1. The molecule has 2 aromatic heterocycles. The SMILES string of the molecule is CCOc1cc(C(=O)N(C)[C@@H](c2cncc3cn[nH]c23)C2CN(CC)C2)ccc1-c1ccccc1. The van der Waals surface area contributed by atoms with Crippen LogP contribution < -0.4 is 4.74 Å². The van der Waals surface area contributed by atoms with Crippen molar-refractivity contribution in [3.8, 4) is 16.9 Å². The van der Waals surface area contributed by atoms with Crippen LogP contribution in [0, 0.1) is 5.92 Å². The average molecular weight is 470 g/mol. The van der Waals surface area contributed by atoms with Gasteiger partial charge in [0.15, 0.2) is 0 Å². The van der Waals surface area contributed by atoms with Gasteiger partial charge in [-0.1, -0.05) is 37.3 Å². The molecule has 7 heteroatoms. The van der Waals surface area contributed by atoms with Crippen LogP contribution >= 0.6 is 0 Å². The summed E-state index contributed by atoms with van der Waals surface area (Å²) in [5, 5.41) is 8.29. The third kappa shape index (κ3) is 4.39. The van der Waals surface area contributed by atoms with Gasteiger partial charge in [-0.2, -0.15) is 5.10 Å². The lowest BCUT2D eigenvalue weighted by atomic mass is 9.85. The van der Waals surface area contributed by atoms with E-state index in [-0.39, 0.29) is 11.9 Å². The standard InChI is InChI=1S/C28H31N5O2/c1-4-33-17-22(18-33)27(24-16-29-14-21-15-30-31-26(21)24)32(3)28(34)20-11-12-23(25(13-20)35-5-2)19-9-7-6-8-10-19/h6-16,22,27H,4-5,17-18H2,1-3H3,(H,30,31)/t27-/m1/s1. The Morgan fingerprint density at radius 3 is 2.69 bits per heavy atom. The molecule has 180 valence electrons. The van der Waals surface area contributed by atoms with Crippen LogP contribution in [-0.4, -0.2) is 64.2 Å².